The van der Waals surface area contributed by atoms with E-state index < -0.39 is 0 Å². The fourth-order valence-corrected chi connectivity index (χ4v) is 2.58. The van der Waals surface area contributed by atoms with Gasteiger partial charge in [-0.2, -0.15) is 0 Å². The van der Waals surface area contributed by atoms with Crippen LogP contribution < -0.4 is 10.6 Å². The molecule has 1 aromatic rings. The van der Waals surface area contributed by atoms with Crippen LogP contribution in [0.4, 0.5) is 5.69 Å². The lowest BCUT2D eigenvalue weighted by molar-refractivity contribution is -0.117. The molecule has 2 rings (SSSR count). The predicted octanol–water partition coefficient (Wildman–Crippen LogP) is 2.31. The van der Waals surface area contributed by atoms with Crippen LogP contribution >= 0.6 is 0 Å². The molecule has 1 aromatic carbocycles. The van der Waals surface area contributed by atoms with Crippen LogP contribution in [0.1, 0.15) is 32.1 Å². The normalized spacial score (nSPS) is 16.8. The maximum atomic E-state index is 12.0. The van der Waals surface area contributed by atoms with Crippen molar-refractivity contribution in [1.29, 1.82) is 0 Å². The monoisotopic (exact) mass is 232 g/mol. The lowest BCUT2D eigenvalue weighted by Gasteiger charge is -2.34. The molecule has 2 N–H and O–H groups in total. The highest BCUT2D eigenvalue weighted by molar-refractivity contribution is 5.95. The number of carbonyl (C=O) groups is 1. The lowest BCUT2D eigenvalue weighted by atomic mass is 9.93. The van der Waals surface area contributed by atoms with Gasteiger partial charge in [0.05, 0.1) is 6.54 Å². The third kappa shape index (κ3) is 2.86. The first-order valence-corrected chi connectivity index (χ1v) is 6.40. The summed E-state index contributed by atoms with van der Waals surface area (Å²) in [7, 11) is 0. The number of nitrogens with two attached hydrogens (primary N) is 1. The second-order valence-corrected chi connectivity index (χ2v) is 4.60. The zero-order chi connectivity index (χ0) is 12.1. The number of amides is 1. The Morgan fingerprint density at radius 2 is 1.82 bits per heavy atom. The highest BCUT2D eigenvalue weighted by Crippen LogP contribution is 2.27. The molecule has 0 saturated heterocycles. The van der Waals surface area contributed by atoms with Gasteiger partial charge in [0.1, 0.15) is 0 Å². The van der Waals surface area contributed by atoms with Crippen molar-refractivity contribution in [3.05, 3.63) is 30.3 Å². The van der Waals surface area contributed by atoms with E-state index >= 15 is 0 Å². The number of hydrogen-bond acceptors (Lipinski definition) is 2. The zero-order valence-electron chi connectivity index (χ0n) is 10.1. The van der Waals surface area contributed by atoms with Crippen LogP contribution in [0.3, 0.4) is 0 Å². The van der Waals surface area contributed by atoms with E-state index in [0.717, 1.165) is 18.5 Å². The van der Waals surface area contributed by atoms with Crippen LogP contribution in [0.15, 0.2) is 30.3 Å². The molecule has 0 aliphatic heterocycles. The largest absolute Gasteiger partial charge is 0.322 e. The summed E-state index contributed by atoms with van der Waals surface area (Å²) in [4.78, 5) is 13.9. The average molecular weight is 232 g/mol. The number of anilines is 1. The summed E-state index contributed by atoms with van der Waals surface area (Å²) in [5, 5.41) is 0. The third-order valence-electron chi connectivity index (χ3n) is 3.42. The Bertz CT molecular complexity index is 358. The van der Waals surface area contributed by atoms with Gasteiger partial charge in [0, 0.05) is 11.7 Å². The highest BCUT2D eigenvalue weighted by Gasteiger charge is 2.25. The van der Waals surface area contributed by atoms with E-state index in [0.29, 0.717) is 6.04 Å². The van der Waals surface area contributed by atoms with Gasteiger partial charge >= 0.3 is 0 Å². The second kappa shape index (κ2) is 5.82. The molecule has 0 radical (unpaired) electrons. The van der Waals surface area contributed by atoms with Crippen molar-refractivity contribution < 1.29 is 4.79 Å². The number of nitrogens with zero attached hydrogens (tertiary/aromatic N) is 1. The summed E-state index contributed by atoms with van der Waals surface area (Å²) in [6.45, 7) is 0.0887. The third-order valence-corrected chi connectivity index (χ3v) is 3.42. The van der Waals surface area contributed by atoms with Crippen LogP contribution in [0.25, 0.3) is 0 Å². The molecule has 1 amide bonds. The van der Waals surface area contributed by atoms with Gasteiger partial charge in [0.2, 0.25) is 5.91 Å². The van der Waals surface area contributed by atoms with Crippen LogP contribution in [-0.4, -0.2) is 18.5 Å². The molecule has 1 aliphatic carbocycles. The Morgan fingerprint density at radius 3 is 2.41 bits per heavy atom. The lowest BCUT2D eigenvalue weighted by Crippen LogP contribution is -2.44. The summed E-state index contributed by atoms with van der Waals surface area (Å²) < 4.78 is 0. The molecule has 1 fully saturated rings. The molecular formula is C14H20N2O. The molecule has 0 heterocycles. The number of para-hydroxylation sites is 1. The van der Waals surface area contributed by atoms with Gasteiger partial charge in [0.25, 0.3) is 0 Å². The summed E-state index contributed by atoms with van der Waals surface area (Å²) >= 11 is 0. The average Bonchev–Trinajstić information content (AvgIpc) is 2.41. The molecule has 1 saturated carbocycles. The molecule has 0 unspecified atom stereocenters. The molecule has 17 heavy (non-hydrogen) atoms. The van der Waals surface area contributed by atoms with Gasteiger partial charge in [-0.1, -0.05) is 37.5 Å². The van der Waals surface area contributed by atoms with Crippen LogP contribution in [-0.2, 0) is 4.79 Å². The molecular weight excluding hydrogens is 212 g/mol. The van der Waals surface area contributed by atoms with Crippen molar-refractivity contribution in [2.75, 3.05) is 11.4 Å². The molecule has 1 aliphatic rings. The van der Waals surface area contributed by atoms with Gasteiger partial charge in [-0.25, -0.2) is 0 Å². The fourth-order valence-electron chi connectivity index (χ4n) is 2.58. The van der Waals surface area contributed by atoms with E-state index in [9.17, 15) is 4.79 Å². The molecule has 92 valence electrons. The standard InChI is InChI=1S/C14H20N2O/c15-11-14(17)16(12-7-3-1-4-8-12)13-9-5-2-6-10-13/h1,3-4,7-8,13H,2,5-6,9-11,15H2. The van der Waals surface area contributed by atoms with Crippen molar-refractivity contribution in [2.24, 2.45) is 5.73 Å². The van der Waals surface area contributed by atoms with Gasteiger partial charge in [0.15, 0.2) is 0 Å². The molecule has 0 atom stereocenters. The van der Waals surface area contributed by atoms with E-state index in [-0.39, 0.29) is 12.5 Å². The van der Waals surface area contributed by atoms with E-state index in [1.54, 1.807) is 0 Å². The Balaban J connectivity index is 2.21. The smallest absolute Gasteiger partial charge is 0.240 e. The number of carbonyl (C=O) groups excluding carboxylic acids is 1. The fraction of sp³-hybridized carbons (Fsp3) is 0.500. The summed E-state index contributed by atoms with van der Waals surface area (Å²) in [5.74, 6) is 0.0306. The Hall–Kier alpha value is -1.35. The van der Waals surface area contributed by atoms with Crippen LogP contribution in [0.5, 0.6) is 0 Å². The van der Waals surface area contributed by atoms with E-state index in [1.807, 2.05) is 35.2 Å². The first-order chi connectivity index (χ1) is 8.33. The molecule has 3 heteroatoms. The molecule has 3 nitrogen and oxygen atoms in total. The zero-order valence-corrected chi connectivity index (χ0v) is 10.1. The van der Waals surface area contributed by atoms with Gasteiger partial charge < -0.3 is 10.6 Å². The summed E-state index contributed by atoms with van der Waals surface area (Å²) in [5.41, 5.74) is 6.51. The first kappa shape index (κ1) is 12.1. The number of hydrogen-bond donors (Lipinski definition) is 1. The summed E-state index contributed by atoms with van der Waals surface area (Å²) in [6, 6.07) is 10.2. The second-order valence-electron chi connectivity index (χ2n) is 4.60. The van der Waals surface area contributed by atoms with Crippen molar-refractivity contribution in [2.45, 2.75) is 38.1 Å². The maximum Gasteiger partial charge on any atom is 0.240 e. The maximum absolute atomic E-state index is 12.0. The van der Waals surface area contributed by atoms with Crippen molar-refractivity contribution in [3.8, 4) is 0 Å². The predicted molar refractivity (Wildman–Crippen MR) is 69.9 cm³/mol. The van der Waals surface area contributed by atoms with E-state index in [2.05, 4.69) is 0 Å². The van der Waals surface area contributed by atoms with Crippen LogP contribution in [0.2, 0.25) is 0 Å². The van der Waals surface area contributed by atoms with Gasteiger partial charge in [-0.3, -0.25) is 4.79 Å². The Labute approximate surface area is 103 Å². The SMILES string of the molecule is NCC(=O)N(c1ccccc1)C1CCCCC1. The number of rotatable bonds is 3. The van der Waals surface area contributed by atoms with E-state index in [1.165, 1.54) is 19.3 Å². The Kier molecular flexibility index (Phi) is 4.15. The molecule has 0 aromatic heterocycles. The minimum atomic E-state index is 0.0306. The minimum Gasteiger partial charge on any atom is -0.322 e. The summed E-state index contributed by atoms with van der Waals surface area (Å²) in [6.07, 6.45) is 5.91. The van der Waals surface area contributed by atoms with Crippen LogP contribution in [0, 0.1) is 0 Å². The van der Waals surface area contributed by atoms with Crippen molar-refractivity contribution in [1.82, 2.24) is 0 Å². The highest BCUT2D eigenvalue weighted by atomic mass is 16.2. The van der Waals surface area contributed by atoms with Crippen molar-refractivity contribution in [3.63, 3.8) is 0 Å². The minimum absolute atomic E-state index is 0.0306. The molecule has 0 bridgehead atoms. The number of benzene rings is 1. The Morgan fingerprint density at radius 1 is 1.18 bits per heavy atom. The van der Waals surface area contributed by atoms with Gasteiger partial charge in [-0.05, 0) is 25.0 Å². The topological polar surface area (TPSA) is 46.3 Å². The van der Waals surface area contributed by atoms with Crippen molar-refractivity contribution >= 4 is 11.6 Å². The molecule has 0 spiro atoms. The van der Waals surface area contributed by atoms with Gasteiger partial charge in [-0.15, -0.1) is 0 Å². The first-order valence-electron chi connectivity index (χ1n) is 6.40. The quantitative estimate of drug-likeness (QED) is 0.869. The van der Waals surface area contributed by atoms with E-state index in [4.69, 9.17) is 5.73 Å².